The van der Waals surface area contributed by atoms with E-state index in [1.54, 1.807) is 19.0 Å². The van der Waals surface area contributed by atoms with Crippen LogP contribution in [-0.2, 0) is 0 Å². The van der Waals surface area contributed by atoms with Crippen LogP contribution in [0.4, 0.5) is 11.9 Å². The molecule has 2 aromatic heterocycles. The number of benzene rings is 4. The van der Waals surface area contributed by atoms with Gasteiger partial charge in [-0.25, -0.2) is 0 Å². The summed E-state index contributed by atoms with van der Waals surface area (Å²) in [5.74, 6) is 0.946. The molecule has 6 aromatic rings. The molecule has 2 aliphatic rings. The number of allylic oxidation sites excluding steroid dienone is 10. The molecule has 4 aromatic carbocycles. The number of tetrazole rings is 2. The fourth-order valence-electron chi connectivity index (χ4n) is 5.18. The largest absolute Gasteiger partial charge is 0.440 e. The van der Waals surface area contributed by atoms with Crippen molar-refractivity contribution in [3.63, 3.8) is 0 Å². The Hall–Kier alpha value is -6.94. The lowest BCUT2D eigenvalue weighted by molar-refractivity contribution is -0.649. The molecule has 0 saturated heterocycles. The third-order valence-corrected chi connectivity index (χ3v) is 7.60. The van der Waals surface area contributed by atoms with Crippen LogP contribution in [0, 0.1) is 0 Å². The van der Waals surface area contributed by atoms with Crippen LogP contribution in [0.3, 0.4) is 0 Å². The summed E-state index contributed by atoms with van der Waals surface area (Å²) in [5, 5.41) is 18.8. The maximum absolute atomic E-state index is 4.85. The zero-order valence-corrected chi connectivity index (χ0v) is 25.6. The van der Waals surface area contributed by atoms with Crippen LogP contribution in [0.15, 0.2) is 191 Å². The normalized spacial score (nSPS) is 13.8. The van der Waals surface area contributed by atoms with Crippen molar-refractivity contribution < 1.29 is 9.36 Å². The summed E-state index contributed by atoms with van der Waals surface area (Å²) >= 11 is 0. The van der Waals surface area contributed by atoms with Crippen LogP contribution in [0.5, 0.6) is 0 Å². The average molecular weight is 625 g/mol. The van der Waals surface area contributed by atoms with Crippen LogP contribution in [0.2, 0.25) is 0 Å². The van der Waals surface area contributed by atoms with Gasteiger partial charge in [-0.3, -0.25) is 0 Å². The van der Waals surface area contributed by atoms with Crippen molar-refractivity contribution in [2.75, 3.05) is 0 Å². The van der Waals surface area contributed by atoms with Gasteiger partial charge in [-0.1, -0.05) is 106 Å². The van der Waals surface area contributed by atoms with Gasteiger partial charge in [0.25, 0.3) is 0 Å². The van der Waals surface area contributed by atoms with Gasteiger partial charge in [0.1, 0.15) is 34.2 Å². The van der Waals surface area contributed by atoms with Crippen molar-refractivity contribution in [2.24, 2.45) is 9.98 Å². The maximum atomic E-state index is 4.85. The first-order valence-corrected chi connectivity index (χ1v) is 15.4. The molecule has 0 atom stereocenters. The molecule has 0 spiro atoms. The van der Waals surface area contributed by atoms with Gasteiger partial charge >= 0.3 is 11.9 Å². The number of aliphatic imine (C=N–C) groups is 2. The second-order valence-corrected chi connectivity index (χ2v) is 10.8. The monoisotopic (exact) mass is 624 g/mol. The molecule has 0 fully saturated rings. The van der Waals surface area contributed by atoms with Crippen LogP contribution in [-0.4, -0.2) is 41.6 Å². The van der Waals surface area contributed by atoms with E-state index in [-0.39, 0.29) is 0 Å². The van der Waals surface area contributed by atoms with Crippen molar-refractivity contribution >= 4 is 23.3 Å². The van der Waals surface area contributed by atoms with Crippen molar-refractivity contribution in [2.45, 2.75) is 0 Å². The Morgan fingerprint density at radius 3 is 1.08 bits per heavy atom. The summed E-state index contributed by atoms with van der Waals surface area (Å²) < 4.78 is 3.48. The van der Waals surface area contributed by atoms with Gasteiger partial charge in [0.05, 0.1) is 10.2 Å². The van der Waals surface area contributed by atoms with Crippen molar-refractivity contribution in [3.05, 3.63) is 181 Å². The Labute approximate surface area is 276 Å². The van der Waals surface area contributed by atoms with Gasteiger partial charge in [0, 0.05) is 10.4 Å². The second-order valence-electron chi connectivity index (χ2n) is 10.8. The van der Waals surface area contributed by atoms with Gasteiger partial charge in [-0.2, -0.15) is 0 Å². The van der Waals surface area contributed by atoms with Crippen molar-refractivity contribution in [1.82, 2.24) is 30.2 Å². The zero-order valence-electron chi connectivity index (χ0n) is 25.6. The van der Waals surface area contributed by atoms with Gasteiger partial charge in [-0.05, 0) is 93.6 Å². The number of rotatable bonds is 6. The van der Waals surface area contributed by atoms with Crippen molar-refractivity contribution in [3.8, 4) is 22.7 Å². The highest BCUT2D eigenvalue weighted by atomic mass is 15.7. The highest BCUT2D eigenvalue weighted by Crippen LogP contribution is 2.20. The predicted molar refractivity (Wildman–Crippen MR) is 184 cm³/mol. The first-order chi connectivity index (χ1) is 23.8. The van der Waals surface area contributed by atoms with E-state index in [1.165, 1.54) is 0 Å². The summed E-state index contributed by atoms with van der Waals surface area (Å²) in [6.07, 6.45) is 16.1. The fraction of sp³-hybridized carbons (Fsp3) is 0. The Morgan fingerprint density at radius 2 is 0.729 bits per heavy atom. The lowest BCUT2D eigenvalue weighted by atomic mass is 9.98. The molecule has 0 radical (unpaired) electrons. The third kappa shape index (κ3) is 6.01. The van der Waals surface area contributed by atoms with E-state index in [2.05, 4.69) is 0 Å². The molecule has 0 bridgehead atoms. The number of nitrogens with zero attached hydrogens (tertiary/aromatic N) is 10. The molecule has 0 amide bonds. The van der Waals surface area contributed by atoms with Gasteiger partial charge in [0.2, 0.25) is 0 Å². The maximum Gasteiger partial charge on any atom is 0.440 e. The van der Waals surface area contributed by atoms with E-state index in [9.17, 15) is 0 Å². The minimum atomic E-state index is 0.473. The lowest BCUT2D eigenvalue weighted by Gasteiger charge is -2.07. The second kappa shape index (κ2) is 12.8. The highest BCUT2D eigenvalue weighted by molar-refractivity contribution is 6.08. The van der Waals surface area contributed by atoms with E-state index < -0.39 is 0 Å². The van der Waals surface area contributed by atoms with Crippen LogP contribution >= 0.6 is 0 Å². The molecule has 0 aliphatic heterocycles. The molecule has 0 N–H and O–H groups in total. The number of aromatic nitrogens is 8. The van der Waals surface area contributed by atoms with Crippen LogP contribution < -0.4 is 9.36 Å². The average Bonchev–Trinajstić information content (AvgIpc) is 3.79. The van der Waals surface area contributed by atoms with E-state index in [0.29, 0.717) is 11.9 Å². The molecular formula is C38H28N10+2. The van der Waals surface area contributed by atoms with Gasteiger partial charge in [-0.15, -0.1) is 9.98 Å². The third-order valence-electron chi connectivity index (χ3n) is 7.60. The Bertz CT molecular complexity index is 2110. The fourth-order valence-corrected chi connectivity index (χ4v) is 5.18. The topological polar surface area (TPSA) is 93.9 Å². The molecule has 48 heavy (non-hydrogen) atoms. The first kappa shape index (κ1) is 28.5. The number of hydrogen-bond acceptors (Lipinski definition) is 6. The Balaban J connectivity index is 1.05. The quantitative estimate of drug-likeness (QED) is 0.219. The molecule has 10 nitrogen and oxygen atoms in total. The summed E-state index contributed by atoms with van der Waals surface area (Å²) in [7, 11) is 0. The van der Waals surface area contributed by atoms with Crippen molar-refractivity contribution in [1.29, 1.82) is 0 Å². The lowest BCUT2D eigenvalue weighted by Crippen LogP contribution is -2.34. The molecule has 8 rings (SSSR count). The summed E-state index contributed by atoms with van der Waals surface area (Å²) in [5.41, 5.74) is 7.09. The Kier molecular flexibility index (Phi) is 7.62. The van der Waals surface area contributed by atoms with E-state index >= 15 is 0 Å². The SMILES string of the molecule is C1=CC(=C2C=CC(=Nc3nn(-c4ccccc4)n[n+]3-c3ccccc3)C=C2)C=CC1=Nc1nn(-c2ccccc2)n[n+]1-c1ccccc1. The van der Waals surface area contributed by atoms with E-state index in [0.717, 1.165) is 45.3 Å². The number of hydrogen-bond donors (Lipinski definition) is 0. The molecule has 2 aliphatic carbocycles. The highest BCUT2D eigenvalue weighted by Gasteiger charge is 2.23. The van der Waals surface area contributed by atoms with E-state index in [4.69, 9.17) is 30.6 Å². The van der Waals surface area contributed by atoms with Gasteiger partial charge < -0.3 is 0 Å². The smallest absolute Gasteiger partial charge is 0.101 e. The minimum Gasteiger partial charge on any atom is -0.101 e. The summed E-state index contributed by atoms with van der Waals surface area (Å²) in [4.78, 5) is 12.9. The zero-order chi connectivity index (χ0) is 32.1. The van der Waals surface area contributed by atoms with Crippen LogP contribution in [0.1, 0.15) is 0 Å². The van der Waals surface area contributed by atoms with Gasteiger partial charge in [0.15, 0.2) is 0 Å². The molecule has 0 saturated carbocycles. The predicted octanol–water partition coefficient (Wildman–Crippen LogP) is 5.80. The van der Waals surface area contributed by atoms with E-state index in [1.807, 2.05) is 170 Å². The molecular weight excluding hydrogens is 596 g/mol. The summed E-state index contributed by atoms with van der Waals surface area (Å²) in [6.45, 7) is 0. The standard InChI is InChI=1S/C38H28N10/c1-5-13-33(14-6-1)45-37(41-47(43-45)35-17-9-3-10-18-35)39-31-25-21-29(22-26-31)30-23-27-32(28-24-30)40-38-42-48(36-19-11-4-12-20-36)44-46(38)34-15-7-2-8-16-34/h1-28H/q+2. The molecule has 10 heteroatoms. The first-order valence-electron chi connectivity index (χ1n) is 15.4. The molecule has 228 valence electrons. The minimum absolute atomic E-state index is 0.473. The van der Waals surface area contributed by atoms with Crippen LogP contribution in [0.25, 0.3) is 22.7 Å². The molecule has 2 heterocycles. The Morgan fingerprint density at radius 1 is 0.396 bits per heavy atom. The summed E-state index contributed by atoms with van der Waals surface area (Å²) in [6, 6.07) is 39.3. The molecule has 0 unspecified atom stereocenters. The number of para-hydroxylation sites is 4.